The van der Waals surface area contributed by atoms with Crippen LogP contribution in [0.5, 0.6) is 0 Å². The number of nitrogens with zero attached hydrogens (tertiary/aromatic N) is 2. The Morgan fingerprint density at radius 2 is 1.95 bits per heavy atom. The minimum absolute atomic E-state index is 0.210. The number of hydrogen-bond donors (Lipinski definition) is 0. The number of carbonyl (C=O) groups excluding carboxylic acids is 1. The minimum Gasteiger partial charge on any atom is -0.342 e. The highest BCUT2D eigenvalue weighted by molar-refractivity contribution is 7.88. The number of hydrogen-bond acceptors (Lipinski definition) is 3. The molecule has 0 bridgehead atoms. The van der Waals surface area contributed by atoms with Gasteiger partial charge in [-0.2, -0.15) is 0 Å². The van der Waals surface area contributed by atoms with Crippen LogP contribution >= 0.6 is 0 Å². The average Bonchev–Trinajstić information content (AvgIpc) is 2.74. The van der Waals surface area contributed by atoms with Crippen molar-refractivity contribution >= 4 is 15.9 Å². The van der Waals surface area contributed by atoms with Gasteiger partial charge in [-0.1, -0.05) is 6.42 Å². The molecule has 0 aromatic heterocycles. The molecule has 20 heavy (non-hydrogen) atoms. The van der Waals surface area contributed by atoms with E-state index in [0.717, 1.165) is 25.9 Å². The Morgan fingerprint density at radius 3 is 2.50 bits per heavy atom. The van der Waals surface area contributed by atoms with E-state index in [9.17, 15) is 13.2 Å². The van der Waals surface area contributed by atoms with Crippen LogP contribution in [-0.4, -0.2) is 56.0 Å². The van der Waals surface area contributed by atoms with Gasteiger partial charge in [0.1, 0.15) is 0 Å². The van der Waals surface area contributed by atoms with E-state index in [1.165, 1.54) is 29.8 Å². The second-order valence-electron chi connectivity index (χ2n) is 6.78. The lowest BCUT2D eigenvalue weighted by Crippen LogP contribution is -2.52. The predicted octanol–water partition coefficient (Wildman–Crippen LogP) is 1.06. The Hall–Kier alpha value is -0.620. The van der Waals surface area contributed by atoms with Gasteiger partial charge in [0.05, 0.1) is 11.7 Å². The maximum absolute atomic E-state index is 12.8. The summed E-state index contributed by atoms with van der Waals surface area (Å²) in [7, 11) is -3.17. The van der Waals surface area contributed by atoms with Crippen LogP contribution in [0.15, 0.2) is 0 Å². The maximum atomic E-state index is 12.8. The summed E-state index contributed by atoms with van der Waals surface area (Å²) in [5.74, 6) is 0.892. The quantitative estimate of drug-likeness (QED) is 0.783. The molecule has 3 fully saturated rings. The van der Waals surface area contributed by atoms with Crippen molar-refractivity contribution in [3.63, 3.8) is 0 Å². The van der Waals surface area contributed by atoms with Crippen molar-refractivity contribution in [3.05, 3.63) is 0 Å². The summed E-state index contributed by atoms with van der Waals surface area (Å²) in [5, 5.41) is 0. The molecule has 3 rings (SSSR count). The molecule has 6 heteroatoms. The second kappa shape index (κ2) is 4.98. The summed E-state index contributed by atoms with van der Waals surface area (Å²) < 4.78 is 24.8. The lowest BCUT2D eigenvalue weighted by Gasteiger charge is -2.42. The summed E-state index contributed by atoms with van der Waals surface area (Å²) >= 11 is 0. The van der Waals surface area contributed by atoms with Crippen LogP contribution in [0.1, 0.15) is 38.5 Å². The fourth-order valence-corrected chi connectivity index (χ4v) is 4.71. The third kappa shape index (κ3) is 2.48. The smallest absolute Gasteiger partial charge is 0.230 e. The van der Waals surface area contributed by atoms with Gasteiger partial charge in [0.2, 0.25) is 15.9 Å². The number of rotatable bonds is 3. The van der Waals surface area contributed by atoms with Crippen molar-refractivity contribution in [2.24, 2.45) is 11.3 Å². The molecular weight excluding hydrogens is 276 g/mol. The predicted molar refractivity (Wildman–Crippen MR) is 76.6 cm³/mol. The van der Waals surface area contributed by atoms with Crippen LogP contribution in [0.3, 0.4) is 0 Å². The first-order chi connectivity index (χ1) is 9.41. The molecule has 114 valence electrons. The molecule has 5 nitrogen and oxygen atoms in total. The summed E-state index contributed by atoms with van der Waals surface area (Å²) in [5.41, 5.74) is -0.426. The van der Waals surface area contributed by atoms with Gasteiger partial charge in [0.25, 0.3) is 0 Å². The van der Waals surface area contributed by atoms with E-state index in [4.69, 9.17) is 0 Å². The van der Waals surface area contributed by atoms with Crippen molar-refractivity contribution in [2.45, 2.75) is 38.5 Å². The van der Waals surface area contributed by atoms with Gasteiger partial charge in [-0.05, 0) is 38.0 Å². The second-order valence-corrected chi connectivity index (χ2v) is 8.76. The number of carbonyl (C=O) groups is 1. The summed E-state index contributed by atoms with van der Waals surface area (Å²) in [4.78, 5) is 14.8. The van der Waals surface area contributed by atoms with Crippen LogP contribution < -0.4 is 0 Å². The SMILES string of the molecule is CS(=O)(=O)N1CC[C@]2(CCCN(CC3CCC3)C2=O)C1. The number of piperidine rings is 1. The molecule has 2 saturated heterocycles. The van der Waals surface area contributed by atoms with E-state index in [-0.39, 0.29) is 5.91 Å². The first-order valence-electron chi connectivity index (χ1n) is 7.65. The molecule has 1 atom stereocenters. The average molecular weight is 300 g/mol. The summed E-state index contributed by atoms with van der Waals surface area (Å²) in [6, 6.07) is 0. The van der Waals surface area contributed by atoms with Crippen molar-refractivity contribution < 1.29 is 13.2 Å². The van der Waals surface area contributed by atoms with Crippen molar-refractivity contribution in [2.75, 3.05) is 32.4 Å². The van der Waals surface area contributed by atoms with Gasteiger partial charge in [-0.15, -0.1) is 0 Å². The number of amides is 1. The lowest BCUT2D eigenvalue weighted by molar-refractivity contribution is -0.146. The zero-order valence-corrected chi connectivity index (χ0v) is 13.0. The minimum atomic E-state index is -3.17. The molecule has 1 saturated carbocycles. The zero-order chi connectivity index (χ0) is 14.4. The van der Waals surface area contributed by atoms with Crippen LogP contribution in [0.4, 0.5) is 0 Å². The zero-order valence-electron chi connectivity index (χ0n) is 12.2. The molecule has 1 amide bonds. The summed E-state index contributed by atoms with van der Waals surface area (Å²) in [6.45, 7) is 2.64. The van der Waals surface area contributed by atoms with E-state index >= 15 is 0 Å². The van der Waals surface area contributed by atoms with Gasteiger partial charge in [-0.3, -0.25) is 4.79 Å². The maximum Gasteiger partial charge on any atom is 0.230 e. The highest BCUT2D eigenvalue weighted by Crippen LogP contribution is 2.41. The largest absolute Gasteiger partial charge is 0.342 e. The molecule has 1 spiro atoms. The fraction of sp³-hybridized carbons (Fsp3) is 0.929. The van der Waals surface area contributed by atoms with Gasteiger partial charge in [0.15, 0.2) is 0 Å². The first kappa shape index (κ1) is 14.3. The Morgan fingerprint density at radius 1 is 1.20 bits per heavy atom. The molecule has 1 aliphatic carbocycles. The Balaban J connectivity index is 1.71. The van der Waals surface area contributed by atoms with Crippen LogP contribution in [0.2, 0.25) is 0 Å². The van der Waals surface area contributed by atoms with Gasteiger partial charge in [-0.25, -0.2) is 12.7 Å². The highest BCUT2D eigenvalue weighted by atomic mass is 32.2. The molecule has 0 aromatic rings. The fourth-order valence-electron chi connectivity index (χ4n) is 3.81. The van der Waals surface area contributed by atoms with Crippen molar-refractivity contribution in [1.82, 2.24) is 9.21 Å². The van der Waals surface area contributed by atoms with Crippen LogP contribution in [-0.2, 0) is 14.8 Å². The number of likely N-dealkylation sites (tertiary alicyclic amines) is 1. The molecule has 2 aliphatic heterocycles. The van der Waals surface area contributed by atoms with Gasteiger partial charge < -0.3 is 4.90 Å². The van der Waals surface area contributed by atoms with Gasteiger partial charge >= 0.3 is 0 Å². The first-order valence-corrected chi connectivity index (χ1v) is 9.50. The Bertz CT molecular complexity index is 501. The third-order valence-corrected chi connectivity index (χ3v) is 6.57. The van der Waals surface area contributed by atoms with Crippen molar-refractivity contribution in [3.8, 4) is 0 Å². The monoisotopic (exact) mass is 300 g/mol. The molecule has 3 aliphatic rings. The Kier molecular flexibility index (Phi) is 3.57. The molecule has 0 unspecified atom stereocenters. The Labute approximate surface area is 121 Å². The normalized spacial score (nSPS) is 32.9. The van der Waals surface area contributed by atoms with E-state index in [1.807, 2.05) is 4.90 Å². The standard InChI is InChI=1S/C14H24N2O3S/c1-20(18,19)16-9-7-14(11-16)6-3-8-15(13(14)17)10-12-4-2-5-12/h12H,2-11H2,1H3/t14-/m1/s1. The molecule has 0 radical (unpaired) electrons. The van der Waals surface area contributed by atoms with E-state index in [0.29, 0.717) is 25.4 Å². The van der Waals surface area contributed by atoms with Crippen LogP contribution in [0.25, 0.3) is 0 Å². The summed E-state index contributed by atoms with van der Waals surface area (Å²) in [6.07, 6.45) is 7.57. The highest BCUT2D eigenvalue weighted by Gasteiger charge is 2.50. The molecular formula is C14H24N2O3S. The van der Waals surface area contributed by atoms with E-state index in [2.05, 4.69) is 0 Å². The van der Waals surface area contributed by atoms with E-state index < -0.39 is 15.4 Å². The van der Waals surface area contributed by atoms with Crippen LogP contribution in [0, 0.1) is 11.3 Å². The molecule has 2 heterocycles. The third-order valence-electron chi connectivity index (χ3n) is 5.32. The lowest BCUT2D eigenvalue weighted by atomic mass is 9.77. The number of sulfonamides is 1. The van der Waals surface area contributed by atoms with Crippen molar-refractivity contribution in [1.29, 1.82) is 0 Å². The molecule has 0 aromatic carbocycles. The van der Waals surface area contributed by atoms with Gasteiger partial charge in [0, 0.05) is 26.2 Å². The topological polar surface area (TPSA) is 57.7 Å². The molecule has 0 N–H and O–H groups in total. The van der Waals surface area contributed by atoms with E-state index in [1.54, 1.807) is 0 Å².